The molecule has 0 amide bonds. The highest BCUT2D eigenvalue weighted by Crippen LogP contribution is 2.34. The molecule has 0 radical (unpaired) electrons. The first kappa shape index (κ1) is 17.6. The molecule has 5 rings (SSSR count). The lowest BCUT2D eigenvalue weighted by Crippen LogP contribution is -2.35. The first-order valence-electron chi connectivity index (χ1n) is 9.23. The van der Waals surface area contributed by atoms with E-state index in [4.69, 9.17) is 4.98 Å². The number of anilines is 1. The zero-order valence-corrected chi connectivity index (χ0v) is 16.9. The van der Waals surface area contributed by atoms with Crippen LogP contribution in [-0.4, -0.2) is 41.3 Å². The summed E-state index contributed by atoms with van der Waals surface area (Å²) >= 11 is 1.59. The zero-order chi connectivity index (χ0) is 19.3. The third-order valence-corrected chi connectivity index (χ3v) is 7.73. The summed E-state index contributed by atoms with van der Waals surface area (Å²) in [5.41, 5.74) is 1.12. The number of rotatable bonds is 3. The topological polar surface area (TPSA) is 80.5 Å². The molecule has 4 heterocycles. The number of sulfone groups is 1. The highest BCUT2D eigenvalue weighted by Gasteiger charge is 2.29. The number of fused-ring (bicyclic) bond motifs is 3. The number of hydrogen-bond acceptors (Lipinski definition) is 7. The van der Waals surface area contributed by atoms with E-state index in [1.807, 2.05) is 11.4 Å². The summed E-state index contributed by atoms with van der Waals surface area (Å²) in [5.74, 6) is 1.41. The molecule has 1 aliphatic rings. The highest BCUT2D eigenvalue weighted by molar-refractivity contribution is 7.91. The first-order chi connectivity index (χ1) is 13.6. The van der Waals surface area contributed by atoms with Crippen molar-refractivity contribution in [3.05, 3.63) is 41.8 Å². The summed E-state index contributed by atoms with van der Waals surface area (Å²) < 4.78 is 28.9. The van der Waals surface area contributed by atoms with Crippen molar-refractivity contribution in [1.82, 2.24) is 19.8 Å². The van der Waals surface area contributed by atoms with Crippen LogP contribution >= 0.6 is 11.3 Å². The molecule has 0 unspecified atom stereocenters. The normalized spacial score (nSPS) is 18.2. The number of aromatic nitrogens is 4. The van der Waals surface area contributed by atoms with Gasteiger partial charge in [-0.3, -0.25) is 0 Å². The fourth-order valence-electron chi connectivity index (χ4n) is 3.79. The molecule has 0 bridgehead atoms. The summed E-state index contributed by atoms with van der Waals surface area (Å²) in [7, 11) is -3.80. The summed E-state index contributed by atoms with van der Waals surface area (Å²) in [6.07, 6.45) is 2.31. The van der Waals surface area contributed by atoms with Crippen molar-refractivity contribution < 1.29 is 8.42 Å². The average Bonchev–Trinajstić information content (AvgIpc) is 3.35. The fraction of sp³-hybridized carbons (Fsp3) is 0.316. The fourth-order valence-corrected chi connectivity index (χ4v) is 5.93. The molecule has 1 fully saturated rings. The maximum absolute atomic E-state index is 13.2. The molecule has 7 nitrogen and oxygen atoms in total. The molecule has 0 spiro atoms. The lowest BCUT2D eigenvalue weighted by molar-refractivity contribution is 0.445. The second-order valence-corrected chi connectivity index (χ2v) is 9.99. The predicted molar refractivity (Wildman–Crippen MR) is 109 cm³/mol. The van der Waals surface area contributed by atoms with Crippen LogP contribution in [0.1, 0.15) is 19.8 Å². The van der Waals surface area contributed by atoms with Gasteiger partial charge in [-0.1, -0.05) is 30.3 Å². The number of nitrogens with zero attached hydrogens (tertiary/aromatic N) is 5. The van der Waals surface area contributed by atoms with E-state index < -0.39 is 9.84 Å². The van der Waals surface area contributed by atoms with Crippen molar-refractivity contribution in [2.75, 3.05) is 18.0 Å². The quantitative estimate of drug-likeness (QED) is 0.512. The molecule has 0 N–H and O–H groups in total. The van der Waals surface area contributed by atoms with Gasteiger partial charge < -0.3 is 4.90 Å². The Bertz CT molecular complexity index is 1260. The van der Waals surface area contributed by atoms with Gasteiger partial charge in [0.2, 0.25) is 14.9 Å². The van der Waals surface area contributed by atoms with Crippen LogP contribution in [0.5, 0.6) is 0 Å². The monoisotopic (exact) mass is 413 g/mol. The smallest absolute Gasteiger partial charge is 0.229 e. The first-order valence-corrected chi connectivity index (χ1v) is 11.6. The third kappa shape index (κ3) is 2.68. The van der Waals surface area contributed by atoms with Crippen molar-refractivity contribution in [3.8, 4) is 0 Å². The van der Waals surface area contributed by atoms with Gasteiger partial charge >= 0.3 is 0 Å². The number of hydrogen-bond donors (Lipinski definition) is 0. The van der Waals surface area contributed by atoms with Gasteiger partial charge in [-0.15, -0.1) is 16.4 Å². The van der Waals surface area contributed by atoms with Crippen LogP contribution in [0.3, 0.4) is 0 Å². The molecule has 4 aromatic rings. The van der Waals surface area contributed by atoms with E-state index in [9.17, 15) is 8.42 Å². The Hall–Kier alpha value is -2.52. The van der Waals surface area contributed by atoms with Gasteiger partial charge in [-0.05, 0) is 42.3 Å². The second kappa shape index (κ2) is 6.52. The molecule has 28 heavy (non-hydrogen) atoms. The lowest BCUT2D eigenvalue weighted by atomic mass is 10.0. The lowest BCUT2D eigenvalue weighted by Gasteiger charge is -2.32. The Morgan fingerprint density at radius 1 is 1.18 bits per heavy atom. The molecule has 0 aliphatic carbocycles. The summed E-state index contributed by atoms with van der Waals surface area (Å²) in [6.45, 7) is 4.07. The van der Waals surface area contributed by atoms with Crippen LogP contribution in [0.15, 0.2) is 51.7 Å². The van der Waals surface area contributed by atoms with E-state index in [2.05, 4.69) is 22.1 Å². The van der Waals surface area contributed by atoms with Crippen LogP contribution in [0, 0.1) is 5.92 Å². The van der Waals surface area contributed by atoms with Crippen molar-refractivity contribution in [2.45, 2.75) is 29.7 Å². The van der Waals surface area contributed by atoms with Crippen molar-refractivity contribution in [2.24, 2.45) is 5.92 Å². The van der Waals surface area contributed by atoms with Crippen LogP contribution < -0.4 is 4.90 Å². The minimum absolute atomic E-state index is 0.0990. The number of benzene rings is 1. The van der Waals surface area contributed by atoms with Gasteiger partial charge in [0.1, 0.15) is 0 Å². The van der Waals surface area contributed by atoms with Gasteiger partial charge in [0.25, 0.3) is 0 Å². The van der Waals surface area contributed by atoms with E-state index in [-0.39, 0.29) is 15.6 Å². The minimum Gasteiger partial charge on any atom is -0.355 e. The third-order valence-electron chi connectivity index (χ3n) is 5.17. The molecule has 1 atom stereocenters. The maximum atomic E-state index is 13.2. The zero-order valence-electron chi connectivity index (χ0n) is 15.3. The summed E-state index contributed by atoms with van der Waals surface area (Å²) in [5, 5.41) is 10.0. The van der Waals surface area contributed by atoms with Crippen LogP contribution in [0.25, 0.3) is 15.9 Å². The average molecular weight is 414 g/mol. The molecule has 144 valence electrons. The van der Waals surface area contributed by atoms with E-state index in [0.29, 0.717) is 5.92 Å². The van der Waals surface area contributed by atoms with E-state index in [0.717, 1.165) is 35.5 Å². The minimum atomic E-state index is -3.80. The van der Waals surface area contributed by atoms with Gasteiger partial charge in [-0.2, -0.15) is 4.52 Å². The van der Waals surface area contributed by atoms with Gasteiger partial charge in [0.05, 0.1) is 15.1 Å². The molecule has 1 aliphatic heterocycles. The summed E-state index contributed by atoms with van der Waals surface area (Å²) in [4.78, 5) is 7.24. The molecular formula is C19H19N5O2S2. The second-order valence-electron chi connectivity index (χ2n) is 7.21. The Morgan fingerprint density at radius 2 is 2.00 bits per heavy atom. The van der Waals surface area contributed by atoms with E-state index in [1.54, 1.807) is 46.2 Å². The Morgan fingerprint density at radius 3 is 2.79 bits per heavy atom. The van der Waals surface area contributed by atoms with Gasteiger partial charge in [-0.25, -0.2) is 13.4 Å². The Balaban J connectivity index is 1.74. The molecule has 1 aromatic carbocycles. The highest BCUT2D eigenvalue weighted by atomic mass is 32.2. The van der Waals surface area contributed by atoms with Crippen LogP contribution in [0.4, 0.5) is 5.82 Å². The Kier molecular flexibility index (Phi) is 4.09. The largest absolute Gasteiger partial charge is 0.355 e. The van der Waals surface area contributed by atoms with Crippen molar-refractivity contribution in [3.63, 3.8) is 0 Å². The maximum Gasteiger partial charge on any atom is 0.229 e. The van der Waals surface area contributed by atoms with Crippen molar-refractivity contribution in [1.29, 1.82) is 0 Å². The van der Waals surface area contributed by atoms with Gasteiger partial charge in [0, 0.05) is 13.1 Å². The molecule has 1 saturated heterocycles. The SMILES string of the molecule is C[C@H]1CCCN(c2nc3c(S(=O)(=O)c4ccccc4)nnn3c3ccsc23)C1. The van der Waals surface area contributed by atoms with Crippen molar-refractivity contribution >= 4 is 42.9 Å². The predicted octanol–water partition coefficient (Wildman–Crippen LogP) is 3.41. The number of thiophene rings is 1. The molecule has 0 saturated carbocycles. The van der Waals surface area contributed by atoms with Gasteiger partial charge in [0.15, 0.2) is 11.5 Å². The van der Waals surface area contributed by atoms with E-state index in [1.165, 1.54) is 6.42 Å². The van der Waals surface area contributed by atoms with Crippen LogP contribution in [-0.2, 0) is 9.84 Å². The number of piperidine rings is 1. The Labute approximate surface area is 166 Å². The van der Waals surface area contributed by atoms with E-state index >= 15 is 0 Å². The van der Waals surface area contributed by atoms with Crippen LogP contribution in [0.2, 0.25) is 0 Å². The molecule has 3 aromatic heterocycles. The molecular weight excluding hydrogens is 394 g/mol. The standard InChI is InChI=1S/C19H19N5O2S2/c1-13-6-5-10-23(12-13)17-16-15(9-11-27-16)24-18(20-17)19(21-22-24)28(25,26)14-7-3-2-4-8-14/h2-4,7-9,11,13H,5-6,10,12H2,1H3/t13-/m0/s1. The summed E-state index contributed by atoms with van der Waals surface area (Å²) in [6, 6.07) is 10.3. The molecule has 9 heteroatoms.